The van der Waals surface area contributed by atoms with Crippen molar-refractivity contribution in [1.29, 1.82) is 0 Å². The van der Waals surface area contributed by atoms with Crippen LogP contribution in [0.25, 0.3) is 5.65 Å². The Morgan fingerprint density at radius 2 is 2.07 bits per heavy atom. The van der Waals surface area contributed by atoms with Crippen LogP contribution in [0.1, 0.15) is 44.2 Å². The third-order valence-corrected chi connectivity index (χ3v) is 6.11. The molecule has 0 spiro atoms. The number of pyridine rings is 1. The fourth-order valence-corrected chi connectivity index (χ4v) is 4.49. The third kappa shape index (κ3) is 5.65. The summed E-state index contributed by atoms with van der Waals surface area (Å²) in [5, 5.41) is 6.87. The molecule has 30 heavy (non-hydrogen) atoms. The zero-order chi connectivity index (χ0) is 20.1. The minimum atomic E-state index is 0. The molecule has 1 unspecified atom stereocenters. The maximum atomic E-state index is 12.7. The Bertz CT molecular complexity index is 827. The molecule has 2 fully saturated rings. The van der Waals surface area contributed by atoms with E-state index in [4.69, 9.17) is 0 Å². The summed E-state index contributed by atoms with van der Waals surface area (Å²) in [6.07, 6.45) is 11.7. The van der Waals surface area contributed by atoms with Gasteiger partial charge in [-0.1, -0.05) is 25.3 Å². The number of nitrogens with one attached hydrogen (secondary N) is 2. The maximum absolute atomic E-state index is 12.7. The first-order chi connectivity index (χ1) is 14.2. The van der Waals surface area contributed by atoms with Gasteiger partial charge in [-0.25, -0.2) is 4.98 Å². The molecule has 7 nitrogen and oxygen atoms in total. The average Bonchev–Trinajstić information content (AvgIpc) is 3.39. The average molecular weight is 524 g/mol. The highest BCUT2D eigenvalue weighted by atomic mass is 127. The van der Waals surface area contributed by atoms with Crippen molar-refractivity contribution in [2.75, 3.05) is 26.7 Å². The van der Waals surface area contributed by atoms with Crippen molar-refractivity contribution in [2.24, 2.45) is 10.9 Å². The highest BCUT2D eigenvalue weighted by molar-refractivity contribution is 14.0. The molecule has 1 aliphatic carbocycles. The Kier molecular flexibility index (Phi) is 8.35. The van der Waals surface area contributed by atoms with E-state index in [2.05, 4.69) is 31.7 Å². The number of aromatic nitrogens is 2. The summed E-state index contributed by atoms with van der Waals surface area (Å²) in [4.78, 5) is 23.8. The molecule has 164 valence electrons. The molecule has 1 saturated carbocycles. The van der Waals surface area contributed by atoms with Gasteiger partial charge in [0.25, 0.3) is 0 Å². The van der Waals surface area contributed by atoms with Crippen LogP contribution in [0.2, 0.25) is 0 Å². The Morgan fingerprint density at radius 3 is 2.83 bits per heavy atom. The number of hydrogen-bond donors (Lipinski definition) is 2. The molecular weight excluding hydrogens is 491 g/mol. The van der Waals surface area contributed by atoms with Gasteiger partial charge in [-0.05, 0) is 31.4 Å². The summed E-state index contributed by atoms with van der Waals surface area (Å²) in [6.45, 7) is 2.40. The number of hydrogen-bond acceptors (Lipinski definition) is 3. The monoisotopic (exact) mass is 524 g/mol. The number of fused-ring (bicyclic) bond motifs is 1. The van der Waals surface area contributed by atoms with Crippen molar-refractivity contribution in [3.63, 3.8) is 0 Å². The number of rotatable bonds is 5. The Labute approximate surface area is 195 Å². The fourth-order valence-electron chi connectivity index (χ4n) is 4.49. The van der Waals surface area contributed by atoms with Gasteiger partial charge in [-0.3, -0.25) is 9.79 Å². The van der Waals surface area contributed by atoms with Gasteiger partial charge in [0.15, 0.2) is 5.96 Å². The summed E-state index contributed by atoms with van der Waals surface area (Å²) >= 11 is 0. The van der Waals surface area contributed by atoms with Crippen molar-refractivity contribution in [3.05, 3.63) is 36.3 Å². The van der Waals surface area contributed by atoms with Crippen LogP contribution in [0.15, 0.2) is 35.6 Å². The number of halogens is 1. The second-order valence-electron chi connectivity index (χ2n) is 8.20. The van der Waals surface area contributed by atoms with Crippen LogP contribution in [0.5, 0.6) is 0 Å². The van der Waals surface area contributed by atoms with E-state index < -0.39 is 0 Å². The number of amides is 1. The highest BCUT2D eigenvalue weighted by Crippen LogP contribution is 2.26. The second-order valence-corrected chi connectivity index (χ2v) is 8.20. The van der Waals surface area contributed by atoms with Crippen LogP contribution >= 0.6 is 24.0 Å². The zero-order valence-corrected chi connectivity index (χ0v) is 20.0. The van der Waals surface area contributed by atoms with E-state index >= 15 is 0 Å². The van der Waals surface area contributed by atoms with Gasteiger partial charge < -0.3 is 19.9 Å². The van der Waals surface area contributed by atoms with Gasteiger partial charge in [0.2, 0.25) is 5.91 Å². The molecular formula is C22H33IN6O. The smallest absolute Gasteiger partial charge is 0.225 e. The molecule has 1 saturated heterocycles. The standard InChI is InChI=1S/C22H32N6O.HI/c1-23-22(24-12-10-18-15-27-13-6-5-9-20(27)25-18)26-19-11-14-28(16-19)21(29)17-7-3-2-4-8-17;/h5-6,9,13,15,17,19H,2-4,7-8,10-12,14,16H2,1H3,(H2,23,24,26);1H. The first kappa shape index (κ1) is 22.8. The molecule has 2 aromatic rings. The van der Waals surface area contributed by atoms with Crippen LogP contribution in [0.3, 0.4) is 0 Å². The van der Waals surface area contributed by atoms with E-state index in [1.165, 1.54) is 19.3 Å². The van der Waals surface area contributed by atoms with Gasteiger partial charge in [0.05, 0.1) is 5.69 Å². The number of imidazole rings is 1. The maximum Gasteiger partial charge on any atom is 0.225 e. The van der Waals surface area contributed by atoms with E-state index in [9.17, 15) is 4.79 Å². The molecule has 2 aromatic heterocycles. The quantitative estimate of drug-likeness (QED) is 0.359. The molecule has 3 heterocycles. The minimum absolute atomic E-state index is 0. The van der Waals surface area contributed by atoms with E-state index in [1.807, 2.05) is 28.8 Å². The summed E-state index contributed by atoms with van der Waals surface area (Å²) in [5.41, 5.74) is 2.03. The first-order valence-corrected chi connectivity index (χ1v) is 10.9. The Balaban J connectivity index is 0.00000256. The topological polar surface area (TPSA) is 74.0 Å². The van der Waals surface area contributed by atoms with Crippen molar-refractivity contribution in [1.82, 2.24) is 24.9 Å². The molecule has 1 amide bonds. The minimum Gasteiger partial charge on any atom is -0.356 e. The van der Waals surface area contributed by atoms with E-state index in [0.29, 0.717) is 5.91 Å². The number of likely N-dealkylation sites (tertiary alicyclic amines) is 1. The molecule has 0 bridgehead atoms. The first-order valence-electron chi connectivity index (χ1n) is 10.9. The van der Waals surface area contributed by atoms with Crippen molar-refractivity contribution in [3.8, 4) is 0 Å². The summed E-state index contributed by atoms with van der Waals surface area (Å²) in [7, 11) is 1.79. The molecule has 1 atom stereocenters. The highest BCUT2D eigenvalue weighted by Gasteiger charge is 2.31. The lowest BCUT2D eigenvalue weighted by molar-refractivity contribution is -0.135. The predicted molar refractivity (Wildman–Crippen MR) is 130 cm³/mol. The van der Waals surface area contributed by atoms with Gasteiger partial charge in [-0.15, -0.1) is 24.0 Å². The third-order valence-electron chi connectivity index (χ3n) is 6.11. The van der Waals surface area contributed by atoms with Crippen LogP contribution < -0.4 is 10.6 Å². The van der Waals surface area contributed by atoms with E-state index in [-0.39, 0.29) is 35.9 Å². The largest absolute Gasteiger partial charge is 0.356 e. The summed E-state index contributed by atoms with van der Waals surface area (Å²) in [5.74, 6) is 1.42. The van der Waals surface area contributed by atoms with E-state index in [0.717, 1.165) is 62.6 Å². The second kappa shape index (κ2) is 11.0. The van der Waals surface area contributed by atoms with E-state index in [1.54, 1.807) is 7.05 Å². The Morgan fingerprint density at radius 1 is 1.23 bits per heavy atom. The molecule has 1 aliphatic heterocycles. The van der Waals surface area contributed by atoms with Crippen molar-refractivity contribution >= 4 is 41.5 Å². The van der Waals surface area contributed by atoms with Crippen LogP contribution in [-0.4, -0.2) is 58.9 Å². The SMILES string of the molecule is CN=C(NCCc1cn2ccccc2n1)NC1CCN(C(=O)C2CCCCC2)C1.I. The number of guanidine groups is 1. The van der Waals surface area contributed by atoms with Crippen LogP contribution in [-0.2, 0) is 11.2 Å². The summed E-state index contributed by atoms with van der Waals surface area (Å²) in [6, 6.07) is 6.29. The van der Waals surface area contributed by atoms with Gasteiger partial charge in [-0.2, -0.15) is 0 Å². The molecule has 0 radical (unpaired) electrons. The number of carbonyl (C=O) groups is 1. The van der Waals surface area contributed by atoms with Gasteiger partial charge >= 0.3 is 0 Å². The zero-order valence-electron chi connectivity index (χ0n) is 17.7. The van der Waals surface area contributed by atoms with Crippen molar-refractivity contribution in [2.45, 2.75) is 51.0 Å². The normalized spacial score (nSPS) is 20.2. The predicted octanol–water partition coefficient (Wildman–Crippen LogP) is 2.84. The van der Waals surface area contributed by atoms with Gasteiger partial charge in [0.1, 0.15) is 5.65 Å². The molecule has 4 rings (SSSR count). The molecule has 2 aliphatic rings. The summed E-state index contributed by atoms with van der Waals surface area (Å²) < 4.78 is 2.04. The van der Waals surface area contributed by atoms with Gasteiger partial charge in [0, 0.05) is 57.5 Å². The lowest BCUT2D eigenvalue weighted by Gasteiger charge is -2.26. The lowest BCUT2D eigenvalue weighted by Crippen LogP contribution is -2.46. The number of nitrogens with zero attached hydrogens (tertiary/aromatic N) is 4. The molecule has 8 heteroatoms. The number of carbonyl (C=O) groups excluding carboxylic acids is 1. The van der Waals surface area contributed by atoms with Crippen LogP contribution in [0.4, 0.5) is 0 Å². The molecule has 2 N–H and O–H groups in total. The Hall–Kier alpha value is -1.84. The lowest BCUT2D eigenvalue weighted by atomic mass is 9.88. The van der Waals surface area contributed by atoms with Crippen LogP contribution in [0, 0.1) is 5.92 Å². The van der Waals surface area contributed by atoms with Crippen molar-refractivity contribution < 1.29 is 4.79 Å². The molecule has 0 aromatic carbocycles. The number of aliphatic imine (C=N–C) groups is 1. The fraction of sp³-hybridized carbons (Fsp3) is 0.591.